The Bertz CT molecular complexity index is 204. The second kappa shape index (κ2) is 2.04. The van der Waals surface area contributed by atoms with Crippen LogP contribution in [0.25, 0.3) is 0 Å². The lowest BCUT2D eigenvalue weighted by molar-refractivity contribution is -0.126. The van der Waals surface area contributed by atoms with Gasteiger partial charge in [0.15, 0.2) is 0 Å². The van der Waals surface area contributed by atoms with Crippen LogP contribution in [0.5, 0.6) is 0 Å². The first-order valence-corrected chi connectivity index (χ1v) is 3.72. The fourth-order valence-electron chi connectivity index (χ4n) is 1.84. The number of likely N-dealkylation sites (tertiary alicyclic amines) is 1. The lowest BCUT2D eigenvalue weighted by Crippen LogP contribution is -2.29. The highest BCUT2D eigenvalue weighted by Gasteiger charge is 2.46. The summed E-state index contributed by atoms with van der Waals surface area (Å²) in [5, 5.41) is 2.33. The Morgan fingerprint density at radius 3 is 2.18 bits per heavy atom. The van der Waals surface area contributed by atoms with Crippen LogP contribution >= 0.6 is 0 Å². The van der Waals surface area contributed by atoms with Crippen molar-refractivity contribution in [3.63, 3.8) is 0 Å². The van der Waals surface area contributed by atoms with E-state index >= 15 is 0 Å². The van der Waals surface area contributed by atoms with Crippen LogP contribution < -0.4 is 5.32 Å². The normalized spacial score (nSPS) is 37.5. The summed E-state index contributed by atoms with van der Waals surface area (Å²) in [6.07, 6.45) is 0. The number of fused-ring (bicyclic) bond motifs is 1. The zero-order valence-corrected chi connectivity index (χ0v) is 6.33. The van der Waals surface area contributed by atoms with E-state index in [-0.39, 0.29) is 23.7 Å². The highest BCUT2D eigenvalue weighted by molar-refractivity contribution is 6.05. The van der Waals surface area contributed by atoms with Gasteiger partial charge in [-0.05, 0) is 7.05 Å². The molecule has 2 fully saturated rings. The predicted molar refractivity (Wildman–Crippen MR) is 37.6 cm³/mol. The van der Waals surface area contributed by atoms with Gasteiger partial charge in [-0.3, -0.25) is 14.9 Å². The number of rotatable bonds is 0. The monoisotopic (exact) mass is 154 g/mol. The van der Waals surface area contributed by atoms with Crippen LogP contribution in [0.3, 0.4) is 0 Å². The molecule has 2 aliphatic rings. The van der Waals surface area contributed by atoms with E-state index in [4.69, 9.17) is 0 Å². The molecule has 1 N–H and O–H groups in total. The van der Waals surface area contributed by atoms with Crippen molar-refractivity contribution in [2.75, 3.05) is 20.1 Å². The van der Waals surface area contributed by atoms with Gasteiger partial charge in [0.2, 0.25) is 11.8 Å². The first-order chi connectivity index (χ1) is 5.18. The van der Waals surface area contributed by atoms with Crippen LogP contribution in [0.15, 0.2) is 0 Å². The largest absolute Gasteiger partial charge is 0.305 e. The molecule has 2 amide bonds. The van der Waals surface area contributed by atoms with Gasteiger partial charge < -0.3 is 4.90 Å². The number of amides is 2. The van der Waals surface area contributed by atoms with Crippen LogP contribution in [0, 0.1) is 11.8 Å². The molecule has 0 bridgehead atoms. The maximum atomic E-state index is 11.1. The van der Waals surface area contributed by atoms with E-state index in [1.165, 1.54) is 0 Å². The Balaban J connectivity index is 2.23. The molecule has 0 unspecified atom stereocenters. The number of hydrogen-bond donors (Lipinski definition) is 1. The summed E-state index contributed by atoms with van der Waals surface area (Å²) in [6.45, 7) is 1.45. The molecule has 11 heavy (non-hydrogen) atoms. The van der Waals surface area contributed by atoms with Crippen molar-refractivity contribution in [2.24, 2.45) is 11.8 Å². The van der Waals surface area contributed by atoms with E-state index in [1.54, 1.807) is 0 Å². The summed E-state index contributed by atoms with van der Waals surface area (Å²) in [4.78, 5) is 24.1. The number of nitrogens with zero attached hydrogens (tertiary/aromatic N) is 1. The number of imide groups is 1. The average Bonchev–Trinajstić information content (AvgIpc) is 2.38. The van der Waals surface area contributed by atoms with E-state index < -0.39 is 0 Å². The third-order valence-corrected chi connectivity index (χ3v) is 2.42. The Morgan fingerprint density at radius 2 is 1.73 bits per heavy atom. The highest BCUT2D eigenvalue weighted by Crippen LogP contribution is 2.26. The SMILES string of the molecule is CN1C[C@@H]2C(=O)NC(=O)[C@@H]2C1. The standard InChI is InChI=1S/C7H10N2O2/c1-9-2-4-5(3-9)7(11)8-6(4)10/h4-5H,2-3H2,1H3,(H,8,10,11)/t4-,5+. The molecule has 60 valence electrons. The van der Waals surface area contributed by atoms with Gasteiger partial charge in [-0.2, -0.15) is 0 Å². The van der Waals surface area contributed by atoms with Gasteiger partial charge in [0.05, 0.1) is 11.8 Å². The maximum Gasteiger partial charge on any atom is 0.231 e. The molecule has 4 nitrogen and oxygen atoms in total. The zero-order valence-electron chi connectivity index (χ0n) is 6.33. The minimum absolute atomic E-state index is 0.0764. The molecule has 0 aromatic carbocycles. The van der Waals surface area contributed by atoms with Crippen molar-refractivity contribution in [3.05, 3.63) is 0 Å². The predicted octanol–water partition coefficient (Wildman–Crippen LogP) is -1.18. The van der Waals surface area contributed by atoms with Gasteiger partial charge in [0.25, 0.3) is 0 Å². The minimum atomic E-state index is -0.0932. The molecule has 0 radical (unpaired) electrons. The van der Waals surface area contributed by atoms with Gasteiger partial charge in [-0.1, -0.05) is 0 Å². The Morgan fingerprint density at radius 1 is 1.27 bits per heavy atom. The van der Waals surface area contributed by atoms with E-state index in [0.717, 1.165) is 13.1 Å². The number of carbonyl (C=O) groups is 2. The molecule has 0 saturated carbocycles. The molecular weight excluding hydrogens is 144 g/mol. The number of hydrogen-bond acceptors (Lipinski definition) is 3. The van der Waals surface area contributed by atoms with Gasteiger partial charge >= 0.3 is 0 Å². The second-order valence-electron chi connectivity index (χ2n) is 3.29. The summed E-state index contributed by atoms with van der Waals surface area (Å²) in [6, 6.07) is 0. The van der Waals surface area contributed by atoms with Gasteiger partial charge in [-0.15, -0.1) is 0 Å². The maximum absolute atomic E-state index is 11.1. The van der Waals surface area contributed by atoms with E-state index in [9.17, 15) is 9.59 Å². The number of nitrogens with one attached hydrogen (secondary N) is 1. The first-order valence-electron chi connectivity index (χ1n) is 3.72. The summed E-state index contributed by atoms with van der Waals surface area (Å²) < 4.78 is 0. The molecule has 4 heteroatoms. The van der Waals surface area contributed by atoms with Crippen molar-refractivity contribution in [1.82, 2.24) is 10.2 Å². The Hall–Kier alpha value is -0.900. The lowest BCUT2D eigenvalue weighted by atomic mass is 10.00. The first kappa shape index (κ1) is 6.79. The van der Waals surface area contributed by atoms with Crippen molar-refractivity contribution >= 4 is 11.8 Å². The smallest absolute Gasteiger partial charge is 0.231 e. The van der Waals surface area contributed by atoms with Crippen LogP contribution in [-0.2, 0) is 9.59 Å². The summed E-state index contributed by atoms with van der Waals surface area (Å²) in [7, 11) is 1.93. The van der Waals surface area contributed by atoms with Gasteiger partial charge in [0.1, 0.15) is 0 Å². The number of carbonyl (C=O) groups excluding carboxylic acids is 2. The molecule has 2 heterocycles. The topological polar surface area (TPSA) is 49.4 Å². The van der Waals surface area contributed by atoms with Crippen LogP contribution in [0.4, 0.5) is 0 Å². The zero-order chi connectivity index (χ0) is 8.01. The minimum Gasteiger partial charge on any atom is -0.305 e. The second-order valence-corrected chi connectivity index (χ2v) is 3.29. The quantitative estimate of drug-likeness (QED) is 0.447. The molecule has 2 aliphatic heterocycles. The fourth-order valence-corrected chi connectivity index (χ4v) is 1.84. The molecule has 0 aliphatic carbocycles. The van der Waals surface area contributed by atoms with Crippen LogP contribution in [0.1, 0.15) is 0 Å². The van der Waals surface area contributed by atoms with Crippen LogP contribution in [0.2, 0.25) is 0 Å². The Labute approximate surface area is 64.5 Å². The summed E-state index contributed by atoms with van der Waals surface area (Å²) >= 11 is 0. The van der Waals surface area contributed by atoms with E-state index in [2.05, 4.69) is 5.32 Å². The van der Waals surface area contributed by atoms with Gasteiger partial charge in [0, 0.05) is 13.1 Å². The van der Waals surface area contributed by atoms with Crippen molar-refractivity contribution in [1.29, 1.82) is 0 Å². The molecule has 0 spiro atoms. The van der Waals surface area contributed by atoms with Crippen molar-refractivity contribution in [3.8, 4) is 0 Å². The molecular formula is C7H10N2O2. The van der Waals surface area contributed by atoms with E-state index in [1.807, 2.05) is 11.9 Å². The molecule has 0 aromatic heterocycles. The average molecular weight is 154 g/mol. The molecule has 2 saturated heterocycles. The van der Waals surface area contributed by atoms with Crippen molar-refractivity contribution < 1.29 is 9.59 Å². The fraction of sp³-hybridized carbons (Fsp3) is 0.714. The van der Waals surface area contributed by atoms with Crippen molar-refractivity contribution in [2.45, 2.75) is 0 Å². The summed E-state index contributed by atoms with van der Waals surface area (Å²) in [5.41, 5.74) is 0. The third-order valence-electron chi connectivity index (χ3n) is 2.42. The highest BCUT2D eigenvalue weighted by atomic mass is 16.2. The van der Waals surface area contributed by atoms with Crippen LogP contribution in [-0.4, -0.2) is 36.9 Å². The molecule has 2 atom stereocenters. The summed E-state index contributed by atoms with van der Waals surface area (Å²) in [5.74, 6) is -0.339. The lowest BCUT2D eigenvalue weighted by Gasteiger charge is -2.06. The van der Waals surface area contributed by atoms with E-state index in [0.29, 0.717) is 0 Å². The molecule has 2 rings (SSSR count). The third kappa shape index (κ3) is 0.860. The Kier molecular flexibility index (Phi) is 1.26. The molecule has 0 aromatic rings. The van der Waals surface area contributed by atoms with Gasteiger partial charge in [-0.25, -0.2) is 0 Å².